The van der Waals surface area contributed by atoms with Gasteiger partial charge in [-0.2, -0.15) is 0 Å². The van der Waals surface area contributed by atoms with Gasteiger partial charge in [-0.1, -0.05) is 6.07 Å². The fraction of sp³-hybridized carbons (Fsp3) is 0.421. The molecule has 0 aromatic carbocycles. The van der Waals surface area contributed by atoms with Crippen LogP contribution in [-0.2, 0) is 24.4 Å². The Hall–Kier alpha value is -1.47. The largest absolute Gasteiger partial charge is 0.364 e. The lowest BCUT2D eigenvalue weighted by Crippen LogP contribution is -2.44. The van der Waals surface area contributed by atoms with Gasteiger partial charge in [0.1, 0.15) is 18.0 Å². The van der Waals surface area contributed by atoms with Gasteiger partial charge in [0.2, 0.25) is 0 Å². The molecule has 130 valence electrons. The van der Waals surface area contributed by atoms with Crippen molar-refractivity contribution in [3.05, 3.63) is 51.4 Å². The van der Waals surface area contributed by atoms with Crippen LogP contribution in [0.15, 0.2) is 35.8 Å². The molecule has 4 nitrogen and oxygen atoms in total. The number of likely N-dealkylation sites (tertiary alicyclic amines) is 1. The van der Waals surface area contributed by atoms with Gasteiger partial charge in [-0.15, -0.1) is 22.7 Å². The van der Waals surface area contributed by atoms with Gasteiger partial charge in [0.05, 0.1) is 23.3 Å². The first kappa shape index (κ1) is 15.8. The average Bonchev–Trinajstić information content (AvgIpc) is 3.36. The minimum atomic E-state index is -0.0635. The molecule has 5 heterocycles. The molecule has 1 fully saturated rings. The molecule has 0 radical (unpaired) electrons. The summed E-state index contributed by atoms with van der Waals surface area (Å²) >= 11 is 3.68. The minimum absolute atomic E-state index is 0.0635. The first-order chi connectivity index (χ1) is 12.2. The van der Waals surface area contributed by atoms with Gasteiger partial charge in [0.25, 0.3) is 0 Å². The van der Waals surface area contributed by atoms with Gasteiger partial charge in [0, 0.05) is 29.4 Å². The lowest BCUT2D eigenvalue weighted by atomic mass is 10.0. The smallest absolute Gasteiger partial charge is 0.135 e. The van der Waals surface area contributed by atoms with Crippen LogP contribution >= 0.6 is 22.7 Å². The Labute approximate surface area is 155 Å². The summed E-state index contributed by atoms with van der Waals surface area (Å²) in [4.78, 5) is 11.3. The van der Waals surface area contributed by atoms with Crippen LogP contribution in [0.4, 0.5) is 0 Å². The van der Waals surface area contributed by atoms with E-state index in [9.17, 15) is 0 Å². The molecule has 5 rings (SSSR count). The topological polar surface area (TPSA) is 30.3 Å². The van der Waals surface area contributed by atoms with E-state index in [1.54, 1.807) is 11.3 Å². The van der Waals surface area contributed by atoms with Crippen LogP contribution in [0, 0.1) is 6.92 Å². The molecule has 0 bridgehead atoms. The van der Waals surface area contributed by atoms with Gasteiger partial charge in [-0.3, -0.25) is 4.90 Å². The lowest BCUT2D eigenvalue weighted by Gasteiger charge is -2.35. The maximum Gasteiger partial charge on any atom is 0.135 e. The van der Waals surface area contributed by atoms with Gasteiger partial charge in [-0.25, -0.2) is 4.98 Å². The second kappa shape index (κ2) is 6.06. The van der Waals surface area contributed by atoms with Crippen LogP contribution in [0.2, 0.25) is 0 Å². The van der Waals surface area contributed by atoms with Crippen LogP contribution < -0.4 is 0 Å². The van der Waals surface area contributed by atoms with Crippen LogP contribution in [0.5, 0.6) is 0 Å². The molecule has 1 spiro atoms. The van der Waals surface area contributed by atoms with Crippen molar-refractivity contribution in [3.63, 3.8) is 0 Å². The van der Waals surface area contributed by atoms with E-state index < -0.39 is 0 Å². The molecule has 1 unspecified atom stereocenters. The molecule has 2 aliphatic heterocycles. The molecule has 0 N–H and O–H groups in total. The van der Waals surface area contributed by atoms with Crippen molar-refractivity contribution in [2.75, 3.05) is 13.1 Å². The van der Waals surface area contributed by atoms with Crippen molar-refractivity contribution in [3.8, 4) is 10.6 Å². The molecule has 1 saturated heterocycles. The number of aryl methyl sites for hydroxylation is 1. The molecule has 3 aromatic rings. The number of rotatable bonds is 3. The number of hydrogen-bond donors (Lipinski definition) is 0. The summed E-state index contributed by atoms with van der Waals surface area (Å²) in [6.07, 6.45) is 3.10. The third kappa shape index (κ3) is 2.87. The molecule has 2 aliphatic rings. The van der Waals surface area contributed by atoms with Crippen LogP contribution in [0.3, 0.4) is 0 Å². The summed E-state index contributed by atoms with van der Waals surface area (Å²) in [6.45, 7) is 6.86. The van der Waals surface area contributed by atoms with Crippen molar-refractivity contribution in [1.82, 2.24) is 14.5 Å². The molecule has 25 heavy (non-hydrogen) atoms. The van der Waals surface area contributed by atoms with Crippen molar-refractivity contribution in [2.45, 2.75) is 38.6 Å². The zero-order valence-corrected chi connectivity index (χ0v) is 15.9. The number of thiophene rings is 2. The third-order valence-corrected chi connectivity index (χ3v) is 7.11. The van der Waals surface area contributed by atoms with Crippen molar-refractivity contribution in [1.29, 1.82) is 0 Å². The molecule has 3 aromatic heterocycles. The normalized spacial score (nSPS) is 23.4. The van der Waals surface area contributed by atoms with E-state index in [0.29, 0.717) is 6.61 Å². The number of nitrogens with zero attached hydrogens (tertiary/aromatic N) is 3. The number of aromatic nitrogens is 2. The summed E-state index contributed by atoms with van der Waals surface area (Å²) in [5.41, 5.74) is 1.17. The minimum Gasteiger partial charge on any atom is -0.364 e. The first-order valence-electron chi connectivity index (χ1n) is 8.71. The monoisotopic (exact) mass is 371 g/mol. The summed E-state index contributed by atoms with van der Waals surface area (Å²) < 4.78 is 8.72. The van der Waals surface area contributed by atoms with Crippen LogP contribution in [0.25, 0.3) is 10.6 Å². The number of hydrogen-bond acceptors (Lipinski definition) is 5. The Balaban J connectivity index is 1.36. The highest BCUT2D eigenvalue weighted by Crippen LogP contribution is 2.36. The highest BCUT2D eigenvalue weighted by Gasteiger charge is 2.43. The first-order valence-corrected chi connectivity index (χ1v) is 10.4. The van der Waals surface area contributed by atoms with Crippen LogP contribution in [-0.4, -0.2) is 33.1 Å². The van der Waals surface area contributed by atoms with Crippen molar-refractivity contribution in [2.24, 2.45) is 0 Å². The Morgan fingerprint density at radius 1 is 1.28 bits per heavy atom. The highest BCUT2D eigenvalue weighted by atomic mass is 32.1. The zero-order valence-electron chi connectivity index (χ0n) is 14.3. The van der Waals surface area contributed by atoms with E-state index in [2.05, 4.69) is 51.0 Å². The molecule has 6 heteroatoms. The Morgan fingerprint density at radius 2 is 2.24 bits per heavy atom. The Bertz CT molecular complexity index is 883. The summed E-state index contributed by atoms with van der Waals surface area (Å²) in [5, 5.41) is 2.13. The standard InChI is InChI=1S/C19H21N3OS2/c1-14-4-5-15(25-14)10-21-7-6-19(12-21)13-22-16(17-3-2-8-24-17)9-20-18(22)11-23-19/h2-5,8-9H,6-7,10-13H2,1H3. The van der Waals surface area contributed by atoms with E-state index in [-0.39, 0.29) is 5.60 Å². The maximum absolute atomic E-state index is 6.34. The molecule has 0 amide bonds. The predicted octanol–water partition coefficient (Wildman–Crippen LogP) is 4.16. The van der Waals surface area contributed by atoms with Crippen LogP contribution in [0.1, 0.15) is 22.0 Å². The molecule has 0 saturated carbocycles. The van der Waals surface area contributed by atoms with Crippen molar-refractivity contribution < 1.29 is 4.74 Å². The predicted molar refractivity (Wildman–Crippen MR) is 102 cm³/mol. The van der Waals surface area contributed by atoms with Gasteiger partial charge in [0.15, 0.2) is 0 Å². The van der Waals surface area contributed by atoms with E-state index in [1.165, 1.54) is 20.3 Å². The van der Waals surface area contributed by atoms with Gasteiger partial charge in [-0.05, 0) is 36.9 Å². The molecular formula is C19H21N3OS2. The number of ether oxygens (including phenoxy) is 1. The number of fused-ring (bicyclic) bond motifs is 1. The Morgan fingerprint density at radius 3 is 3.04 bits per heavy atom. The second-order valence-electron chi connectivity index (χ2n) is 7.07. The van der Waals surface area contributed by atoms with E-state index in [4.69, 9.17) is 4.74 Å². The van der Waals surface area contributed by atoms with E-state index in [0.717, 1.165) is 38.4 Å². The Kier molecular flexibility index (Phi) is 3.82. The SMILES string of the molecule is Cc1ccc(CN2CCC3(C2)Cn2c(-c4cccs4)cnc2CO3)s1. The third-order valence-electron chi connectivity index (χ3n) is 5.24. The maximum atomic E-state index is 6.34. The summed E-state index contributed by atoms with van der Waals surface area (Å²) in [6, 6.07) is 8.76. The molecular weight excluding hydrogens is 350 g/mol. The van der Waals surface area contributed by atoms with Crippen molar-refractivity contribution >= 4 is 22.7 Å². The molecule has 0 aliphatic carbocycles. The number of imidazole rings is 1. The zero-order chi connectivity index (χ0) is 16.9. The van der Waals surface area contributed by atoms with Gasteiger partial charge >= 0.3 is 0 Å². The highest BCUT2D eigenvalue weighted by molar-refractivity contribution is 7.13. The fourth-order valence-electron chi connectivity index (χ4n) is 3.98. The second-order valence-corrected chi connectivity index (χ2v) is 9.39. The fourth-order valence-corrected chi connectivity index (χ4v) is 5.66. The summed E-state index contributed by atoms with van der Waals surface area (Å²) in [7, 11) is 0. The van der Waals surface area contributed by atoms with Gasteiger partial charge < -0.3 is 9.30 Å². The lowest BCUT2D eigenvalue weighted by molar-refractivity contribution is -0.0821. The molecule has 1 atom stereocenters. The average molecular weight is 372 g/mol. The van der Waals surface area contributed by atoms with E-state index in [1.807, 2.05) is 17.5 Å². The summed E-state index contributed by atoms with van der Waals surface area (Å²) in [5.74, 6) is 1.06. The van der Waals surface area contributed by atoms with E-state index >= 15 is 0 Å². The quantitative estimate of drug-likeness (QED) is 0.693.